The van der Waals surface area contributed by atoms with Crippen molar-refractivity contribution in [3.63, 3.8) is 0 Å². The Balaban J connectivity index is 1.72. The average molecular weight is 488 g/mol. The van der Waals surface area contributed by atoms with E-state index in [9.17, 15) is 4.79 Å². The quantitative estimate of drug-likeness (QED) is 0.338. The van der Waals surface area contributed by atoms with Crippen LogP contribution in [0.15, 0.2) is 72.1 Å². The SMILES string of the molecule is O=C(Nc1nc(-c2cccs2)c(-c2ccccc2)s1)c1ccccc1I. The topological polar surface area (TPSA) is 42.0 Å². The average Bonchev–Trinajstić information content (AvgIpc) is 3.32. The fourth-order valence-corrected chi connectivity index (χ4v) is 4.95. The van der Waals surface area contributed by atoms with Crippen molar-refractivity contribution in [1.82, 2.24) is 4.98 Å². The third-order valence-electron chi connectivity index (χ3n) is 3.76. The Morgan fingerprint density at radius 1 is 0.962 bits per heavy atom. The number of nitrogens with zero attached hydrogens (tertiary/aromatic N) is 1. The highest BCUT2D eigenvalue weighted by Gasteiger charge is 2.18. The van der Waals surface area contributed by atoms with Gasteiger partial charge in [-0.3, -0.25) is 10.1 Å². The van der Waals surface area contributed by atoms with E-state index in [1.807, 2.05) is 53.9 Å². The molecule has 2 aromatic carbocycles. The molecule has 0 aliphatic heterocycles. The van der Waals surface area contributed by atoms with E-state index in [0.29, 0.717) is 10.7 Å². The molecule has 0 atom stereocenters. The number of thiophene rings is 1. The Bertz CT molecular complexity index is 1040. The maximum Gasteiger partial charge on any atom is 0.258 e. The smallest absolute Gasteiger partial charge is 0.258 e. The Morgan fingerprint density at radius 2 is 1.73 bits per heavy atom. The zero-order valence-corrected chi connectivity index (χ0v) is 17.3. The van der Waals surface area contributed by atoms with Crippen molar-refractivity contribution in [2.24, 2.45) is 0 Å². The second kappa shape index (κ2) is 7.69. The summed E-state index contributed by atoms with van der Waals surface area (Å²) in [6.07, 6.45) is 0. The monoisotopic (exact) mass is 488 g/mol. The van der Waals surface area contributed by atoms with Gasteiger partial charge in [0, 0.05) is 3.57 Å². The molecule has 4 aromatic rings. The Hall–Kier alpha value is -2.03. The van der Waals surface area contributed by atoms with Gasteiger partial charge in [-0.15, -0.1) is 11.3 Å². The molecule has 2 heterocycles. The zero-order valence-electron chi connectivity index (χ0n) is 13.5. The summed E-state index contributed by atoms with van der Waals surface area (Å²) in [6, 6.07) is 21.7. The number of amides is 1. The molecule has 0 spiro atoms. The molecule has 6 heteroatoms. The first-order chi connectivity index (χ1) is 12.7. The molecule has 26 heavy (non-hydrogen) atoms. The lowest BCUT2D eigenvalue weighted by molar-refractivity contribution is 0.102. The number of hydrogen-bond donors (Lipinski definition) is 1. The highest BCUT2D eigenvalue weighted by atomic mass is 127. The predicted octanol–water partition coefficient (Wildman–Crippen LogP) is 6.40. The summed E-state index contributed by atoms with van der Waals surface area (Å²) >= 11 is 5.32. The van der Waals surface area contributed by atoms with Crippen LogP contribution in [0.5, 0.6) is 0 Å². The first-order valence-electron chi connectivity index (χ1n) is 7.88. The number of carbonyl (C=O) groups is 1. The van der Waals surface area contributed by atoms with Crippen LogP contribution in [0, 0.1) is 3.57 Å². The Labute approximate surface area is 172 Å². The molecular weight excluding hydrogens is 475 g/mol. The number of aromatic nitrogens is 1. The van der Waals surface area contributed by atoms with Gasteiger partial charge in [0.2, 0.25) is 0 Å². The van der Waals surface area contributed by atoms with Crippen LogP contribution in [0.25, 0.3) is 21.0 Å². The largest absolute Gasteiger partial charge is 0.298 e. The molecule has 0 radical (unpaired) electrons. The second-order valence-electron chi connectivity index (χ2n) is 5.47. The summed E-state index contributed by atoms with van der Waals surface area (Å²) in [4.78, 5) is 19.5. The molecule has 0 bridgehead atoms. The van der Waals surface area contributed by atoms with Gasteiger partial charge in [-0.05, 0) is 51.7 Å². The minimum absolute atomic E-state index is 0.138. The van der Waals surface area contributed by atoms with E-state index in [2.05, 4.69) is 46.1 Å². The summed E-state index contributed by atoms with van der Waals surface area (Å²) < 4.78 is 0.918. The predicted molar refractivity (Wildman–Crippen MR) is 118 cm³/mol. The fraction of sp³-hybridized carbons (Fsp3) is 0. The molecule has 0 unspecified atom stereocenters. The first-order valence-corrected chi connectivity index (χ1v) is 10.7. The third kappa shape index (κ3) is 3.58. The van der Waals surface area contributed by atoms with Crippen molar-refractivity contribution in [2.45, 2.75) is 0 Å². The molecule has 0 aliphatic rings. The summed E-state index contributed by atoms with van der Waals surface area (Å²) in [5.74, 6) is -0.138. The molecule has 1 amide bonds. The number of carbonyl (C=O) groups excluding carboxylic acids is 1. The van der Waals surface area contributed by atoms with Gasteiger partial charge >= 0.3 is 0 Å². The number of anilines is 1. The Kier molecular flexibility index (Phi) is 5.14. The molecule has 0 saturated carbocycles. The number of benzene rings is 2. The summed E-state index contributed by atoms with van der Waals surface area (Å²) in [7, 11) is 0. The van der Waals surface area contributed by atoms with Crippen molar-refractivity contribution in [3.8, 4) is 21.0 Å². The second-order valence-corrected chi connectivity index (χ2v) is 8.58. The summed E-state index contributed by atoms with van der Waals surface area (Å²) in [6.45, 7) is 0. The van der Waals surface area contributed by atoms with E-state index in [-0.39, 0.29) is 5.91 Å². The summed E-state index contributed by atoms with van der Waals surface area (Å²) in [5.41, 5.74) is 2.67. The van der Waals surface area contributed by atoms with E-state index >= 15 is 0 Å². The lowest BCUT2D eigenvalue weighted by Crippen LogP contribution is -2.13. The molecule has 0 fully saturated rings. The minimum Gasteiger partial charge on any atom is -0.298 e. The fourth-order valence-electron chi connectivity index (χ4n) is 2.55. The first kappa shape index (κ1) is 17.4. The molecule has 0 saturated heterocycles. The van der Waals surface area contributed by atoms with Gasteiger partial charge in [0.05, 0.1) is 15.3 Å². The molecular formula is C20H13IN2OS2. The van der Waals surface area contributed by atoms with Crippen LogP contribution in [0.2, 0.25) is 0 Å². The van der Waals surface area contributed by atoms with Crippen LogP contribution in [0.3, 0.4) is 0 Å². The van der Waals surface area contributed by atoms with E-state index < -0.39 is 0 Å². The van der Waals surface area contributed by atoms with Crippen molar-refractivity contribution in [1.29, 1.82) is 0 Å². The minimum atomic E-state index is -0.138. The van der Waals surface area contributed by atoms with Crippen molar-refractivity contribution in [3.05, 3.63) is 81.2 Å². The van der Waals surface area contributed by atoms with Crippen molar-refractivity contribution >= 4 is 56.3 Å². The molecule has 2 aromatic heterocycles. The molecule has 128 valence electrons. The van der Waals surface area contributed by atoms with Gasteiger partial charge in [0.25, 0.3) is 5.91 Å². The molecule has 0 aliphatic carbocycles. The van der Waals surface area contributed by atoms with Crippen molar-refractivity contribution < 1.29 is 4.79 Å². The van der Waals surface area contributed by atoms with E-state index in [1.165, 1.54) is 11.3 Å². The van der Waals surface area contributed by atoms with Crippen LogP contribution in [-0.4, -0.2) is 10.9 Å². The Morgan fingerprint density at radius 3 is 2.46 bits per heavy atom. The molecule has 4 rings (SSSR count). The summed E-state index contributed by atoms with van der Waals surface area (Å²) in [5, 5.41) is 5.60. The number of halogens is 1. The lowest BCUT2D eigenvalue weighted by atomic mass is 10.1. The maximum atomic E-state index is 12.6. The third-order valence-corrected chi connectivity index (χ3v) is 6.59. The van der Waals surface area contributed by atoms with E-state index in [0.717, 1.165) is 24.6 Å². The number of thiazole rings is 1. The zero-order chi connectivity index (χ0) is 17.9. The van der Waals surface area contributed by atoms with Crippen LogP contribution in [0.1, 0.15) is 10.4 Å². The van der Waals surface area contributed by atoms with Gasteiger partial charge in [0.1, 0.15) is 5.69 Å². The highest BCUT2D eigenvalue weighted by molar-refractivity contribution is 14.1. The normalized spacial score (nSPS) is 10.7. The standard InChI is InChI=1S/C20H13IN2OS2/c21-15-10-5-4-9-14(15)19(24)23-20-22-17(16-11-6-12-25-16)18(26-20)13-7-2-1-3-8-13/h1-12H,(H,22,23,24). The lowest BCUT2D eigenvalue weighted by Gasteiger charge is -2.03. The number of rotatable bonds is 4. The molecule has 1 N–H and O–H groups in total. The maximum absolute atomic E-state index is 12.6. The highest BCUT2D eigenvalue weighted by Crippen LogP contribution is 2.40. The van der Waals surface area contributed by atoms with Crippen LogP contribution >= 0.6 is 45.3 Å². The number of hydrogen-bond acceptors (Lipinski definition) is 4. The van der Waals surface area contributed by atoms with Crippen LogP contribution < -0.4 is 5.32 Å². The van der Waals surface area contributed by atoms with Crippen LogP contribution in [0.4, 0.5) is 5.13 Å². The van der Waals surface area contributed by atoms with Gasteiger partial charge in [-0.1, -0.05) is 59.9 Å². The number of nitrogens with one attached hydrogen (secondary N) is 1. The van der Waals surface area contributed by atoms with Crippen molar-refractivity contribution in [2.75, 3.05) is 5.32 Å². The van der Waals surface area contributed by atoms with Gasteiger partial charge in [-0.25, -0.2) is 4.98 Å². The van der Waals surface area contributed by atoms with Gasteiger partial charge in [-0.2, -0.15) is 0 Å². The van der Waals surface area contributed by atoms with Crippen LogP contribution in [-0.2, 0) is 0 Å². The van der Waals surface area contributed by atoms with E-state index in [1.54, 1.807) is 11.3 Å². The molecule has 3 nitrogen and oxygen atoms in total. The van der Waals surface area contributed by atoms with Gasteiger partial charge in [0.15, 0.2) is 5.13 Å². The van der Waals surface area contributed by atoms with E-state index in [4.69, 9.17) is 4.98 Å². The van der Waals surface area contributed by atoms with Gasteiger partial charge < -0.3 is 0 Å².